The summed E-state index contributed by atoms with van der Waals surface area (Å²) in [6, 6.07) is 9.24. The number of alkyl halides is 3. The van der Waals surface area contributed by atoms with Gasteiger partial charge in [-0.05, 0) is 64.2 Å². The van der Waals surface area contributed by atoms with Gasteiger partial charge < -0.3 is 4.74 Å². The molecule has 0 spiro atoms. The van der Waals surface area contributed by atoms with Crippen molar-refractivity contribution >= 4 is 15.9 Å². The van der Waals surface area contributed by atoms with E-state index < -0.39 is 11.7 Å². The predicted octanol–water partition coefficient (Wildman–Crippen LogP) is 6.69. The minimum absolute atomic E-state index is 0.254. The number of hydrogen-bond acceptors (Lipinski definition) is 1. The van der Waals surface area contributed by atoms with Gasteiger partial charge in [-0.3, -0.25) is 0 Å². The molecule has 0 saturated heterocycles. The van der Waals surface area contributed by atoms with E-state index >= 15 is 0 Å². The van der Waals surface area contributed by atoms with Crippen molar-refractivity contribution in [3.8, 4) is 11.5 Å². The summed E-state index contributed by atoms with van der Waals surface area (Å²) in [6.07, 6.45) is -4.37. The second-order valence-corrected chi connectivity index (χ2v) is 6.30. The normalized spacial score (nSPS) is 11.8. The van der Waals surface area contributed by atoms with E-state index in [1.807, 2.05) is 39.0 Å². The zero-order valence-electron chi connectivity index (χ0n) is 12.5. The first-order chi connectivity index (χ1) is 10.2. The van der Waals surface area contributed by atoms with Crippen LogP contribution in [0, 0.1) is 6.92 Å². The molecule has 2 aromatic rings. The zero-order valence-corrected chi connectivity index (χ0v) is 14.0. The summed E-state index contributed by atoms with van der Waals surface area (Å²) in [7, 11) is 0. The van der Waals surface area contributed by atoms with Crippen LogP contribution in [0.4, 0.5) is 13.2 Å². The number of halogens is 4. The van der Waals surface area contributed by atoms with Gasteiger partial charge in [-0.25, -0.2) is 0 Å². The van der Waals surface area contributed by atoms with Gasteiger partial charge in [-0.15, -0.1) is 0 Å². The third-order valence-corrected chi connectivity index (χ3v) is 3.89. The lowest BCUT2D eigenvalue weighted by Gasteiger charge is -2.16. The van der Waals surface area contributed by atoms with E-state index in [0.717, 1.165) is 23.3 Å². The topological polar surface area (TPSA) is 9.23 Å². The summed E-state index contributed by atoms with van der Waals surface area (Å²) in [6.45, 7) is 6.03. The molecule has 0 N–H and O–H groups in total. The molecule has 0 aliphatic carbocycles. The van der Waals surface area contributed by atoms with Crippen LogP contribution in [0.25, 0.3) is 0 Å². The van der Waals surface area contributed by atoms with Gasteiger partial charge in [0.25, 0.3) is 0 Å². The molecule has 0 aromatic heterocycles. The van der Waals surface area contributed by atoms with E-state index in [9.17, 15) is 13.2 Å². The van der Waals surface area contributed by atoms with Crippen molar-refractivity contribution in [2.75, 3.05) is 0 Å². The smallest absolute Gasteiger partial charge is 0.416 e. The van der Waals surface area contributed by atoms with Gasteiger partial charge in [-0.2, -0.15) is 13.2 Å². The summed E-state index contributed by atoms with van der Waals surface area (Å²) in [5, 5.41) is 0. The highest BCUT2D eigenvalue weighted by molar-refractivity contribution is 9.10. The quantitative estimate of drug-likeness (QED) is 0.582. The van der Waals surface area contributed by atoms with Crippen molar-refractivity contribution in [1.29, 1.82) is 0 Å². The molecule has 0 bridgehead atoms. The first-order valence-electron chi connectivity index (χ1n) is 6.83. The number of ether oxygens (including phenoxy) is 1. The Hall–Kier alpha value is -1.49. The van der Waals surface area contributed by atoms with E-state index in [0.29, 0.717) is 11.5 Å². The van der Waals surface area contributed by atoms with Crippen LogP contribution in [0.1, 0.15) is 36.5 Å². The largest absolute Gasteiger partial charge is 0.456 e. The van der Waals surface area contributed by atoms with Crippen molar-refractivity contribution in [3.05, 3.63) is 57.6 Å². The minimum Gasteiger partial charge on any atom is -0.456 e. The van der Waals surface area contributed by atoms with E-state index in [2.05, 4.69) is 15.9 Å². The van der Waals surface area contributed by atoms with Gasteiger partial charge >= 0.3 is 6.18 Å². The average molecular weight is 373 g/mol. The van der Waals surface area contributed by atoms with Crippen LogP contribution in [0.5, 0.6) is 11.5 Å². The van der Waals surface area contributed by atoms with Gasteiger partial charge in [-0.1, -0.05) is 26.0 Å². The molecule has 5 heteroatoms. The Labute approximate surface area is 136 Å². The fourth-order valence-electron chi connectivity index (χ4n) is 2.09. The van der Waals surface area contributed by atoms with Crippen LogP contribution in [-0.2, 0) is 6.18 Å². The Bertz CT molecular complexity index is 678. The predicted molar refractivity (Wildman–Crippen MR) is 84.5 cm³/mol. The molecule has 0 fully saturated rings. The van der Waals surface area contributed by atoms with E-state index in [1.54, 1.807) is 0 Å². The summed E-state index contributed by atoms with van der Waals surface area (Å²) in [5.41, 5.74) is 1.33. The van der Waals surface area contributed by atoms with Gasteiger partial charge in [0.1, 0.15) is 11.5 Å². The van der Waals surface area contributed by atoms with Crippen LogP contribution in [0.3, 0.4) is 0 Å². The van der Waals surface area contributed by atoms with E-state index in [4.69, 9.17) is 4.74 Å². The fraction of sp³-hybridized carbons (Fsp3) is 0.294. The number of benzene rings is 2. The summed E-state index contributed by atoms with van der Waals surface area (Å²) < 4.78 is 44.2. The molecule has 0 unspecified atom stereocenters. The summed E-state index contributed by atoms with van der Waals surface area (Å²) in [5.74, 6) is 1.28. The van der Waals surface area contributed by atoms with Crippen molar-refractivity contribution in [3.63, 3.8) is 0 Å². The Morgan fingerprint density at radius 3 is 2.23 bits per heavy atom. The maximum Gasteiger partial charge on any atom is 0.416 e. The lowest BCUT2D eigenvalue weighted by atomic mass is 10.0. The Kier molecular flexibility index (Phi) is 4.85. The van der Waals surface area contributed by atoms with Crippen LogP contribution in [-0.4, -0.2) is 0 Å². The molecule has 2 rings (SSSR count). The molecule has 22 heavy (non-hydrogen) atoms. The lowest BCUT2D eigenvalue weighted by molar-refractivity contribution is -0.137. The molecule has 0 aliphatic rings. The van der Waals surface area contributed by atoms with Crippen molar-refractivity contribution in [2.45, 2.75) is 32.9 Å². The summed E-state index contributed by atoms with van der Waals surface area (Å²) in [4.78, 5) is 0. The summed E-state index contributed by atoms with van der Waals surface area (Å²) >= 11 is 3.15. The molecular formula is C17H16BrF3O. The molecule has 2 aromatic carbocycles. The molecule has 0 aliphatic heterocycles. The second-order valence-electron chi connectivity index (χ2n) is 5.44. The Morgan fingerprint density at radius 1 is 1.00 bits per heavy atom. The molecular weight excluding hydrogens is 357 g/mol. The van der Waals surface area contributed by atoms with Crippen molar-refractivity contribution in [1.82, 2.24) is 0 Å². The molecule has 1 nitrogen and oxygen atoms in total. The first kappa shape index (κ1) is 16.9. The monoisotopic (exact) mass is 372 g/mol. The highest BCUT2D eigenvalue weighted by Crippen LogP contribution is 2.38. The van der Waals surface area contributed by atoms with Crippen LogP contribution < -0.4 is 4.74 Å². The van der Waals surface area contributed by atoms with Gasteiger partial charge in [0, 0.05) is 0 Å². The minimum atomic E-state index is -4.37. The molecule has 0 atom stereocenters. The fourth-order valence-corrected chi connectivity index (χ4v) is 2.55. The number of aryl methyl sites for hydroxylation is 1. The van der Waals surface area contributed by atoms with E-state index in [-0.39, 0.29) is 10.4 Å². The second kappa shape index (κ2) is 6.32. The maximum atomic E-state index is 12.7. The number of hydrogen-bond donors (Lipinski definition) is 0. The highest BCUT2D eigenvalue weighted by atomic mass is 79.9. The molecule has 0 heterocycles. The van der Waals surface area contributed by atoms with Crippen LogP contribution in [0.2, 0.25) is 0 Å². The lowest BCUT2D eigenvalue weighted by Crippen LogP contribution is -2.04. The zero-order chi connectivity index (χ0) is 16.5. The van der Waals surface area contributed by atoms with Crippen molar-refractivity contribution in [2.24, 2.45) is 0 Å². The average Bonchev–Trinajstić information content (AvgIpc) is 2.39. The highest BCUT2D eigenvalue weighted by Gasteiger charge is 2.31. The Morgan fingerprint density at radius 2 is 1.68 bits per heavy atom. The number of rotatable bonds is 3. The first-order valence-corrected chi connectivity index (χ1v) is 7.63. The standard InChI is InChI=1S/C17H16BrF3O/c1-10(2)13-6-4-11(3)8-16(13)22-15-7-5-12(9-14(15)18)17(19,20)21/h4-10H,1-3H3. The van der Waals surface area contributed by atoms with Crippen molar-refractivity contribution < 1.29 is 17.9 Å². The van der Waals surface area contributed by atoms with Gasteiger partial charge in [0.15, 0.2) is 0 Å². The van der Waals surface area contributed by atoms with Gasteiger partial charge in [0.2, 0.25) is 0 Å². The van der Waals surface area contributed by atoms with Gasteiger partial charge in [0.05, 0.1) is 10.0 Å². The molecule has 0 radical (unpaired) electrons. The third-order valence-electron chi connectivity index (χ3n) is 3.27. The SMILES string of the molecule is Cc1ccc(C(C)C)c(Oc2ccc(C(F)(F)F)cc2Br)c1. The van der Waals surface area contributed by atoms with Crippen LogP contribution >= 0.6 is 15.9 Å². The third kappa shape index (κ3) is 3.83. The maximum absolute atomic E-state index is 12.7. The molecule has 0 amide bonds. The molecule has 0 saturated carbocycles. The molecule has 118 valence electrons. The van der Waals surface area contributed by atoms with Crippen LogP contribution in [0.15, 0.2) is 40.9 Å². The van der Waals surface area contributed by atoms with E-state index in [1.165, 1.54) is 6.07 Å². The Balaban J connectivity index is 2.38.